The van der Waals surface area contributed by atoms with Crippen molar-refractivity contribution in [3.05, 3.63) is 42.1 Å². The number of pyridine rings is 1. The Balaban J connectivity index is 1.44. The van der Waals surface area contributed by atoms with Crippen molar-refractivity contribution in [1.29, 1.82) is 0 Å². The number of amides is 1. The van der Waals surface area contributed by atoms with Crippen LogP contribution in [0.25, 0.3) is 22.3 Å². The Hall–Kier alpha value is -3.22. The molecule has 3 atom stereocenters. The number of carbonyl (C=O) groups excluding carboxylic acids is 1. The number of halogens is 6. The average Bonchev–Trinajstić information content (AvgIpc) is 3.27. The molecule has 3 aromatic rings. The molecule has 3 unspecified atom stereocenters. The molecule has 13 heteroatoms. The summed E-state index contributed by atoms with van der Waals surface area (Å²) in [5, 5.41) is 3.38. The lowest BCUT2D eigenvalue weighted by Crippen LogP contribution is -2.60. The Morgan fingerprint density at radius 1 is 1.03 bits per heavy atom. The highest BCUT2D eigenvalue weighted by Gasteiger charge is 2.48. The molecule has 0 radical (unpaired) electrons. The van der Waals surface area contributed by atoms with E-state index in [2.05, 4.69) is 25.3 Å². The first-order chi connectivity index (χ1) is 17.0. The van der Waals surface area contributed by atoms with Gasteiger partial charge in [0, 0.05) is 42.5 Å². The number of piperidine rings is 2. The maximum absolute atomic E-state index is 13.7. The Morgan fingerprint density at radius 3 is 2.47 bits per heavy atom. The molecule has 1 amide bonds. The van der Waals surface area contributed by atoms with E-state index in [0.29, 0.717) is 41.6 Å². The van der Waals surface area contributed by atoms with Crippen molar-refractivity contribution in [2.45, 2.75) is 62.6 Å². The topological polar surface area (TPSA) is 86.8 Å². The highest BCUT2D eigenvalue weighted by molar-refractivity contribution is 5.87. The van der Waals surface area contributed by atoms with Gasteiger partial charge in [0.15, 0.2) is 0 Å². The van der Waals surface area contributed by atoms with Crippen LogP contribution in [0.4, 0.5) is 26.3 Å². The second-order valence-electron chi connectivity index (χ2n) is 9.15. The predicted octanol–water partition coefficient (Wildman–Crippen LogP) is 4.78. The van der Waals surface area contributed by atoms with Gasteiger partial charge < -0.3 is 10.3 Å². The van der Waals surface area contributed by atoms with Crippen LogP contribution in [0.3, 0.4) is 0 Å². The van der Waals surface area contributed by atoms with E-state index in [4.69, 9.17) is 0 Å². The zero-order valence-electron chi connectivity index (χ0n) is 18.8. The van der Waals surface area contributed by atoms with Crippen molar-refractivity contribution in [3.63, 3.8) is 0 Å². The van der Waals surface area contributed by atoms with Gasteiger partial charge in [0.05, 0.1) is 11.9 Å². The summed E-state index contributed by atoms with van der Waals surface area (Å²) in [6.07, 6.45) is -4.67. The maximum Gasteiger partial charge on any atom is 0.451 e. The minimum Gasteiger partial charge on any atom is -0.341 e. The molecule has 7 nitrogen and oxygen atoms in total. The number of alkyl halides is 6. The summed E-state index contributed by atoms with van der Waals surface area (Å²) in [5.74, 6) is -1.95. The van der Waals surface area contributed by atoms with Crippen LogP contribution in [0, 0.1) is 0 Å². The first kappa shape index (κ1) is 24.5. The largest absolute Gasteiger partial charge is 0.451 e. The Labute approximate surface area is 201 Å². The third-order valence-corrected chi connectivity index (χ3v) is 6.81. The average molecular weight is 512 g/mol. The fraction of sp³-hybridized carbons (Fsp3) is 0.478. The van der Waals surface area contributed by atoms with Gasteiger partial charge in [0.2, 0.25) is 11.7 Å². The van der Waals surface area contributed by atoms with Gasteiger partial charge in [-0.3, -0.25) is 9.69 Å². The molecule has 5 rings (SSSR count). The maximum atomic E-state index is 13.7. The summed E-state index contributed by atoms with van der Waals surface area (Å²) < 4.78 is 79.4. The van der Waals surface area contributed by atoms with E-state index < -0.39 is 30.4 Å². The highest BCUT2D eigenvalue weighted by atomic mass is 19.4. The van der Waals surface area contributed by atoms with Crippen LogP contribution in [0.5, 0.6) is 0 Å². The van der Waals surface area contributed by atoms with Gasteiger partial charge in [0.25, 0.3) is 0 Å². The molecule has 2 aliphatic rings. The molecular formula is C23H22F6N6O. The molecule has 0 spiro atoms. The standard InChI is InChI=1S/C23H22F6N6O/c24-22(25,26)17-3-1-2-6-35(17)18-7-12(8-19(36)34-18)14-4-5-30-20-15(14)9-16(33-20)13-10-31-21(32-11-13)23(27,28)29/h4-5,9-12,17-18H,1-3,6-8H2,(H,30,33)(H,34,36). The molecule has 2 N–H and O–H groups in total. The Bertz CT molecular complexity index is 1250. The molecule has 2 fully saturated rings. The number of nitrogens with one attached hydrogen (secondary N) is 2. The number of hydrogen-bond acceptors (Lipinski definition) is 5. The van der Waals surface area contributed by atoms with E-state index in [1.165, 1.54) is 11.1 Å². The second-order valence-corrected chi connectivity index (χ2v) is 9.15. The van der Waals surface area contributed by atoms with Crippen molar-refractivity contribution in [2.75, 3.05) is 6.54 Å². The molecule has 2 aliphatic heterocycles. The predicted molar refractivity (Wildman–Crippen MR) is 116 cm³/mol. The summed E-state index contributed by atoms with van der Waals surface area (Å²) in [6, 6.07) is 1.80. The van der Waals surface area contributed by atoms with Crippen LogP contribution >= 0.6 is 0 Å². The van der Waals surface area contributed by atoms with Gasteiger partial charge >= 0.3 is 12.4 Å². The normalized spacial score (nSPS) is 24.2. The summed E-state index contributed by atoms with van der Waals surface area (Å²) in [7, 11) is 0. The van der Waals surface area contributed by atoms with Gasteiger partial charge in [-0.25, -0.2) is 15.0 Å². The third kappa shape index (κ3) is 4.75. The second kappa shape index (κ2) is 9.02. The molecule has 36 heavy (non-hydrogen) atoms. The number of hydrogen-bond donors (Lipinski definition) is 2. The summed E-state index contributed by atoms with van der Waals surface area (Å²) >= 11 is 0. The smallest absolute Gasteiger partial charge is 0.341 e. The van der Waals surface area contributed by atoms with Crippen molar-refractivity contribution >= 4 is 16.9 Å². The zero-order valence-corrected chi connectivity index (χ0v) is 18.8. The summed E-state index contributed by atoms with van der Waals surface area (Å²) in [5.41, 5.74) is 1.92. The van der Waals surface area contributed by atoms with E-state index >= 15 is 0 Å². The first-order valence-electron chi connectivity index (χ1n) is 11.5. The van der Waals surface area contributed by atoms with Gasteiger partial charge in [-0.05, 0) is 42.9 Å². The fourth-order valence-electron chi connectivity index (χ4n) is 5.19. The Kier molecular flexibility index (Phi) is 6.13. The number of H-pyrrole nitrogens is 1. The zero-order chi connectivity index (χ0) is 25.7. The molecule has 2 saturated heterocycles. The van der Waals surface area contributed by atoms with Crippen LogP contribution in [0.1, 0.15) is 49.4 Å². The Morgan fingerprint density at radius 2 is 1.78 bits per heavy atom. The van der Waals surface area contributed by atoms with Gasteiger partial charge in [0.1, 0.15) is 11.7 Å². The number of aromatic amines is 1. The van der Waals surface area contributed by atoms with Crippen molar-refractivity contribution in [3.8, 4) is 11.3 Å². The molecule has 0 bridgehead atoms. The van der Waals surface area contributed by atoms with Crippen LogP contribution in [-0.4, -0.2) is 55.7 Å². The monoisotopic (exact) mass is 512 g/mol. The van der Waals surface area contributed by atoms with Crippen LogP contribution in [0.15, 0.2) is 30.7 Å². The van der Waals surface area contributed by atoms with Crippen LogP contribution < -0.4 is 5.32 Å². The molecule has 3 aromatic heterocycles. The molecule has 0 aliphatic carbocycles. The number of rotatable bonds is 3. The van der Waals surface area contributed by atoms with Gasteiger partial charge in [-0.2, -0.15) is 26.3 Å². The van der Waals surface area contributed by atoms with E-state index in [0.717, 1.165) is 18.0 Å². The summed E-state index contributed by atoms with van der Waals surface area (Å²) in [4.78, 5) is 28.0. The van der Waals surface area contributed by atoms with E-state index in [1.807, 2.05) is 0 Å². The third-order valence-electron chi connectivity index (χ3n) is 6.81. The lowest BCUT2D eigenvalue weighted by Gasteiger charge is -2.44. The van der Waals surface area contributed by atoms with Crippen LogP contribution in [0.2, 0.25) is 0 Å². The molecular weight excluding hydrogens is 490 g/mol. The minimum atomic E-state index is -4.66. The number of fused-ring (bicyclic) bond motifs is 1. The van der Waals surface area contributed by atoms with Gasteiger partial charge in [-0.1, -0.05) is 6.42 Å². The molecule has 0 saturated carbocycles. The highest BCUT2D eigenvalue weighted by Crippen LogP contribution is 2.39. The van der Waals surface area contributed by atoms with E-state index in [-0.39, 0.29) is 31.2 Å². The summed E-state index contributed by atoms with van der Waals surface area (Å²) in [6.45, 7) is 0.246. The molecule has 5 heterocycles. The van der Waals surface area contributed by atoms with E-state index in [1.54, 1.807) is 12.1 Å². The SMILES string of the molecule is O=C1CC(c2ccnc3[nH]c(-c4cnc(C(F)(F)F)nc4)cc23)CC(N2CCCCC2C(F)(F)F)N1. The van der Waals surface area contributed by atoms with Gasteiger partial charge in [-0.15, -0.1) is 0 Å². The molecule has 0 aromatic carbocycles. The fourth-order valence-corrected chi connectivity index (χ4v) is 5.19. The van der Waals surface area contributed by atoms with E-state index in [9.17, 15) is 31.1 Å². The lowest BCUT2D eigenvalue weighted by atomic mass is 9.85. The lowest BCUT2D eigenvalue weighted by molar-refractivity contribution is -0.201. The quantitative estimate of drug-likeness (QED) is 0.494. The van der Waals surface area contributed by atoms with Crippen LogP contribution in [-0.2, 0) is 11.0 Å². The van der Waals surface area contributed by atoms with Crippen molar-refractivity contribution in [1.82, 2.24) is 30.2 Å². The number of carbonyl (C=O) groups is 1. The number of likely N-dealkylation sites (tertiary alicyclic amines) is 1. The minimum absolute atomic E-state index is 0.00356. The number of aromatic nitrogens is 4. The van der Waals surface area contributed by atoms with Crippen molar-refractivity contribution in [2.24, 2.45) is 0 Å². The van der Waals surface area contributed by atoms with Crippen molar-refractivity contribution < 1.29 is 31.1 Å². The number of nitrogens with zero attached hydrogens (tertiary/aromatic N) is 4. The first-order valence-corrected chi connectivity index (χ1v) is 11.5. The molecule has 192 valence electrons.